The van der Waals surface area contributed by atoms with Crippen LogP contribution in [0.2, 0.25) is 5.02 Å². The topological polar surface area (TPSA) is 36.0 Å². The van der Waals surface area contributed by atoms with Crippen LogP contribution in [-0.4, -0.2) is 36.5 Å². The number of aliphatic hydroxyl groups excluding tert-OH is 1. The lowest BCUT2D eigenvalue weighted by atomic mass is 9.94. The van der Waals surface area contributed by atoms with Crippen LogP contribution in [0, 0.1) is 11.6 Å². The second-order valence-electron chi connectivity index (χ2n) is 4.78. The number of aliphatic hydroxyl groups is 1. The van der Waals surface area contributed by atoms with Gasteiger partial charge in [0.25, 0.3) is 0 Å². The van der Waals surface area contributed by atoms with Crippen LogP contribution in [0.3, 0.4) is 0 Å². The summed E-state index contributed by atoms with van der Waals surface area (Å²) >= 11 is 5.58. The van der Waals surface area contributed by atoms with Gasteiger partial charge in [-0.15, -0.1) is 0 Å². The Labute approximate surface area is 108 Å². The molecule has 3 rings (SSSR count). The first-order chi connectivity index (χ1) is 8.52. The van der Waals surface area contributed by atoms with E-state index in [1.54, 1.807) is 0 Å². The van der Waals surface area contributed by atoms with Crippen molar-refractivity contribution in [2.75, 3.05) is 24.6 Å². The summed E-state index contributed by atoms with van der Waals surface area (Å²) in [7, 11) is 0. The summed E-state index contributed by atoms with van der Waals surface area (Å²) in [5.74, 6) is -1.42. The molecule has 0 radical (unpaired) electrons. The zero-order valence-corrected chi connectivity index (χ0v) is 10.3. The standard InChI is InChI=1S/C12H12ClF2NO2/c13-7-3-8(14)11(9(15)4-7)16-2-1-12(6-18-12)10(17)5-16/h3-4,10,17H,1-2,5-6H2. The Bertz CT molecular complexity index is 470. The first-order valence-corrected chi connectivity index (χ1v) is 6.11. The van der Waals surface area contributed by atoms with Crippen molar-refractivity contribution in [3.05, 3.63) is 28.8 Å². The summed E-state index contributed by atoms with van der Waals surface area (Å²) < 4.78 is 32.7. The van der Waals surface area contributed by atoms with E-state index in [0.29, 0.717) is 19.6 Å². The highest BCUT2D eigenvalue weighted by atomic mass is 35.5. The van der Waals surface area contributed by atoms with Crippen LogP contribution >= 0.6 is 11.6 Å². The molecule has 3 nitrogen and oxygen atoms in total. The Balaban J connectivity index is 1.87. The fourth-order valence-corrected chi connectivity index (χ4v) is 2.62. The van der Waals surface area contributed by atoms with Gasteiger partial charge in [-0.1, -0.05) is 11.6 Å². The van der Waals surface area contributed by atoms with Gasteiger partial charge in [0, 0.05) is 18.1 Å². The second kappa shape index (κ2) is 4.05. The molecule has 18 heavy (non-hydrogen) atoms. The molecule has 0 aliphatic carbocycles. The molecular weight excluding hydrogens is 264 g/mol. The maximum atomic E-state index is 13.8. The minimum Gasteiger partial charge on any atom is -0.388 e. The summed E-state index contributed by atoms with van der Waals surface area (Å²) in [5, 5.41) is 9.95. The second-order valence-corrected chi connectivity index (χ2v) is 5.22. The van der Waals surface area contributed by atoms with Gasteiger partial charge in [-0.05, 0) is 18.6 Å². The lowest BCUT2D eigenvalue weighted by molar-refractivity contribution is 0.0607. The number of rotatable bonds is 1. The molecule has 0 aromatic heterocycles. The van der Waals surface area contributed by atoms with E-state index in [2.05, 4.69) is 0 Å². The number of piperidine rings is 1. The van der Waals surface area contributed by atoms with Crippen LogP contribution in [0.25, 0.3) is 0 Å². The lowest BCUT2D eigenvalue weighted by Crippen LogP contribution is -2.49. The zero-order chi connectivity index (χ0) is 12.9. The summed E-state index contributed by atoms with van der Waals surface area (Å²) in [6.45, 7) is 1.13. The molecule has 0 bridgehead atoms. The molecule has 98 valence electrons. The number of β-amino-alcohol motifs (C(OH)–C–C–N with tert-alkyl or cyclic N) is 1. The van der Waals surface area contributed by atoms with Crippen LogP contribution in [0.5, 0.6) is 0 Å². The van der Waals surface area contributed by atoms with Crippen molar-refractivity contribution in [2.45, 2.75) is 18.1 Å². The number of anilines is 1. The number of halogens is 3. The van der Waals surface area contributed by atoms with Gasteiger partial charge in [-0.25, -0.2) is 8.78 Å². The van der Waals surface area contributed by atoms with Crippen molar-refractivity contribution in [1.29, 1.82) is 0 Å². The molecule has 1 N–H and O–H groups in total. The average Bonchev–Trinajstić information content (AvgIpc) is 3.03. The maximum Gasteiger partial charge on any atom is 0.151 e. The quantitative estimate of drug-likeness (QED) is 0.796. The van der Waals surface area contributed by atoms with E-state index in [9.17, 15) is 13.9 Å². The Morgan fingerprint density at radius 2 is 2.00 bits per heavy atom. The molecule has 2 aliphatic heterocycles. The first kappa shape index (κ1) is 12.1. The van der Waals surface area contributed by atoms with Crippen molar-refractivity contribution in [3.63, 3.8) is 0 Å². The van der Waals surface area contributed by atoms with E-state index >= 15 is 0 Å². The van der Waals surface area contributed by atoms with Gasteiger partial charge < -0.3 is 14.7 Å². The van der Waals surface area contributed by atoms with Gasteiger partial charge in [0.05, 0.1) is 6.61 Å². The fourth-order valence-electron chi connectivity index (χ4n) is 2.43. The lowest BCUT2D eigenvalue weighted by Gasteiger charge is -2.36. The minimum absolute atomic E-state index is 0.0216. The number of epoxide rings is 1. The first-order valence-electron chi connectivity index (χ1n) is 5.73. The molecular formula is C12H12ClF2NO2. The van der Waals surface area contributed by atoms with E-state index in [1.165, 1.54) is 4.90 Å². The molecule has 2 heterocycles. The van der Waals surface area contributed by atoms with Crippen LogP contribution < -0.4 is 4.90 Å². The minimum atomic E-state index is -0.722. The Hall–Kier alpha value is -0.910. The number of ether oxygens (including phenoxy) is 1. The fraction of sp³-hybridized carbons (Fsp3) is 0.500. The van der Waals surface area contributed by atoms with Crippen LogP contribution in [0.1, 0.15) is 6.42 Å². The van der Waals surface area contributed by atoms with Crippen molar-refractivity contribution in [1.82, 2.24) is 0 Å². The molecule has 0 saturated carbocycles. The SMILES string of the molecule is OC1CN(c2c(F)cc(Cl)cc2F)CCC12CO2. The van der Waals surface area contributed by atoms with Gasteiger partial charge >= 0.3 is 0 Å². The van der Waals surface area contributed by atoms with Crippen LogP contribution in [-0.2, 0) is 4.74 Å². The van der Waals surface area contributed by atoms with Gasteiger partial charge in [-0.3, -0.25) is 0 Å². The normalized spacial score (nSPS) is 30.9. The maximum absolute atomic E-state index is 13.8. The summed E-state index contributed by atoms with van der Waals surface area (Å²) in [4.78, 5) is 1.50. The average molecular weight is 276 g/mol. The van der Waals surface area contributed by atoms with Gasteiger partial charge in [0.2, 0.25) is 0 Å². The highest BCUT2D eigenvalue weighted by Crippen LogP contribution is 2.40. The third-order valence-corrected chi connectivity index (χ3v) is 3.84. The molecule has 2 unspecified atom stereocenters. The highest BCUT2D eigenvalue weighted by molar-refractivity contribution is 6.30. The smallest absolute Gasteiger partial charge is 0.151 e. The number of benzene rings is 1. The van der Waals surface area contributed by atoms with Crippen molar-refractivity contribution in [3.8, 4) is 0 Å². The molecule has 0 amide bonds. The van der Waals surface area contributed by atoms with E-state index in [0.717, 1.165) is 12.1 Å². The van der Waals surface area contributed by atoms with E-state index in [-0.39, 0.29) is 17.3 Å². The van der Waals surface area contributed by atoms with E-state index < -0.39 is 23.3 Å². The summed E-state index contributed by atoms with van der Waals surface area (Å²) in [5.41, 5.74) is -0.607. The van der Waals surface area contributed by atoms with Crippen molar-refractivity contribution < 1.29 is 18.6 Å². The van der Waals surface area contributed by atoms with E-state index in [4.69, 9.17) is 16.3 Å². The highest BCUT2D eigenvalue weighted by Gasteiger charge is 2.54. The number of hydrogen-bond acceptors (Lipinski definition) is 3. The number of nitrogens with zero attached hydrogens (tertiary/aromatic N) is 1. The number of hydrogen-bond donors (Lipinski definition) is 1. The monoisotopic (exact) mass is 275 g/mol. The summed E-state index contributed by atoms with van der Waals surface area (Å²) in [6.07, 6.45) is -0.156. The molecule has 2 saturated heterocycles. The predicted molar refractivity (Wildman–Crippen MR) is 62.9 cm³/mol. The molecule has 2 atom stereocenters. The van der Waals surface area contributed by atoms with Crippen LogP contribution in [0.15, 0.2) is 12.1 Å². The summed E-state index contributed by atoms with van der Waals surface area (Å²) in [6, 6.07) is 2.15. The molecule has 6 heteroatoms. The molecule has 1 spiro atoms. The van der Waals surface area contributed by atoms with Crippen molar-refractivity contribution >= 4 is 17.3 Å². The van der Waals surface area contributed by atoms with Gasteiger partial charge in [0.15, 0.2) is 11.6 Å². The molecule has 1 aromatic carbocycles. The molecule has 1 aromatic rings. The predicted octanol–water partition coefficient (Wildman–Crippen LogP) is 1.96. The largest absolute Gasteiger partial charge is 0.388 e. The zero-order valence-electron chi connectivity index (χ0n) is 9.50. The van der Waals surface area contributed by atoms with Crippen LogP contribution in [0.4, 0.5) is 14.5 Å². The molecule has 2 aliphatic rings. The Morgan fingerprint density at radius 3 is 2.50 bits per heavy atom. The van der Waals surface area contributed by atoms with Gasteiger partial charge in [-0.2, -0.15) is 0 Å². The molecule has 2 fully saturated rings. The third kappa shape index (κ3) is 1.86. The van der Waals surface area contributed by atoms with Gasteiger partial charge in [0.1, 0.15) is 17.4 Å². The van der Waals surface area contributed by atoms with E-state index in [1.807, 2.05) is 0 Å². The Morgan fingerprint density at radius 1 is 1.39 bits per heavy atom. The Kier molecular flexibility index (Phi) is 2.73. The third-order valence-electron chi connectivity index (χ3n) is 3.62. The van der Waals surface area contributed by atoms with Crippen molar-refractivity contribution in [2.24, 2.45) is 0 Å².